The number of ether oxygens (including phenoxy) is 1. The van der Waals surface area contributed by atoms with Crippen LogP contribution in [0.2, 0.25) is 0 Å². The number of anilines is 1. The van der Waals surface area contributed by atoms with Crippen LogP contribution in [0, 0.1) is 0 Å². The third-order valence-electron chi connectivity index (χ3n) is 2.20. The van der Waals surface area contributed by atoms with E-state index in [0.29, 0.717) is 10.9 Å². The zero-order valence-electron chi connectivity index (χ0n) is 11.7. The number of aromatic nitrogens is 2. The molecule has 0 fully saturated rings. The van der Waals surface area contributed by atoms with Crippen LogP contribution >= 0.6 is 0 Å². The van der Waals surface area contributed by atoms with Crippen molar-refractivity contribution in [1.29, 1.82) is 0 Å². The second-order valence-electron chi connectivity index (χ2n) is 3.41. The number of fused-ring (bicyclic) bond motifs is 1. The normalized spacial score (nSPS) is 9.35. The Morgan fingerprint density at radius 3 is 2.75 bits per heavy atom. The minimum Gasteiger partial charge on any atom is -0.449 e. The van der Waals surface area contributed by atoms with E-state index in [1.807, 2.05) is 13.8 Å². The second kappa shape index (κ2) is 7.78. The molecule has 0 unspecified atom stereocenters. The smallest absolute Gasteiger partial charge is 0.425 e. The van der Waals surface area contributed by atoms with E-state index in [9.17, 15) is 9.59 Å². The zero-order valence-corrected chi connectivity index (χ0v) is 11.7. The quantitative estimate of drug-likeness (QED) is 0.746. The molecule has 7 heteroatoms. The maximum Gasteiger partial charge on any atom is 0.425 e. The average Bonchev–Trinajstić information content (AvgIpc) is 2.47. The Labute approximate surface area is 116 Å². The van der Waals surface area contributed by atoms with E-state index in [-0.39, 0.29) is 12.4 Å². The topological polar surface area (TPSA) is 96.1 Å². The van der Waals surface area contributed by atoms with Gasteiger partial charge in [-0.2, -0.15) is 4.98 Å². The molecule has 0 saturated heterocycles. The Hall–Kier alpha value is -2.57. The minimum absolute atomic E-state index is 0.261. The summed E-state index contributed by atoms with van der Waals surface area (Å²) in [5.41, 5.74) is 4.98. The van der Waals surface area contributed by atoms with Crippen molar-refractivity contribution in [3.05, 3.63) is 34.7 Å². The van der Waals surface area contributed by atoms with E-state index < -0.39 is 11.8 Å². The third-order valence-corrected chi connectivity index (χ3v) is 2.20. The first-order valence-electron chi connectivity index (χ1n) is 6.38. The Kier molecular flexibility index (Phi) is 6.02. The van der Waals surface area contributed by atoms with Crippen LogP contribution in [0.25, 0.3) is 10.9 Å². The molecule has 7 nitrogen and oxygen atoms in total. The molecule has 20 heavy (non-hydrogen) atoms. The average molecular weight is 278 g/mol. The number of rotatable bonds is 3. The summed E-state index contributed by atoms with van der Waals surface area (Å²) in [5, 5.41) is 0.689. The molecule has 2 aromatic rings. The standard InChI is InChI=1S/C11H12N4O3.C2H6/c1-2-18-11(17)15-14-9-7-5-3-4-6-8(7)12-10(16)13-9;1-2/h3-6H,2H2,1H3,(H,15,17)(H2,12,13,14,16);1-2H3. The van der Waals surface area contributed by atoms with Crippen molar-refractivity contribution in [1.82, 2.24) is 15.4 Å². The summed E-state index contributed by atoms with van der Waals surface area (Å²) < 4.78 is 4.68. The number of amides is 1. The SMILES string of the molecule is CC.CCOC(=O)NNc1nc(=O)[nH]c2ccccc12. The van der Waals surface area contributed by atoms with Crippen LogP contribution in [-0.4, -0.2) is 22.7 Å². The van der Waals surface area contributed by atoms with Crippen LogP contribution in [0.5, 0.6) is 0 Å². The fourth-order valence-electron chi connectivity index (χ4n) is 1.48. The van der Waals surface area contributed by atoms with Gasteiger partial charge in [0.05, 0.1) is 12.1 Å². The van der Waals surface area contributed by atoms with Gasteiger partial charge in [-0.15, -0.1) is 0 Å². The Morgan fingerprint density at radius 1 is 1.35 bits per heavy atom. The number of hydrogen-bond donors (Lipinski definition) is 3. The molecule has 3 N–H and O–H groups in total. The maximum absolute atomic E-state index is 11.3. The molecule has 0 aliphatic heterocycles. The van der Waals surface area contributed by atoms with Crippen molar-refractivity contribution in [3.8, 4) is 0 Å². The summed E-state index contributed by atoms with van der Waals surface area (Å²) in [6.07, 6.45) is -0.635. The van der Waals surface area contributed by atoms with E-state index in [1.54, 1.807) is 31.2 Å². The third kappa shape index (κ3) is 3.98. The van der Waals surface area contributed by atoms with Gasteiger partial charge >= 0.3 is 11.8 Å². The van der Waals surface area contributed by atoms with E-state index in [4.69, 9.17) is 0 Å². The highest BCUT2D eigenvalue weighted by molar-refractivity contribution is 5.89. The van der Waals surface area contributed by atoms with Gasteiger partial charge in [-0.05, 0) is 19.1 Å². The Morgan fingerprint density at radius 2 is 2.05 bits per heavy atom. The molecule has 0 saturated carbocycles. The molecule has 0 spiro atoms. The maximum atomic E-state index is 11.3. The Bertz CT molecular complexity index is 624. The predicted molar refractivity (Wildman–Crippen MR) is 77.5 cm³/mol. The lowest BCUT2D eigenvalue weighted by Gasteiger charge is -2.09. The highest BCUT2D eigenvalue weighted by Crippen LogP contribution is 2.15. The molecule has 0 aliphatic carbocycles. The molecule has 0 radical (unpaired) electrons. The number of aromatic amines is 1. The van der Waals surface area contributed by atoms with Crippen molar-refractivity contribution in [2.24, 2.45) is 0 Å². The molecule has 1 aromatic carbocycles. The summed E-state index contributed by atoms with van der Waals surface area (Å²) in [6, 6.07) is 7.11. The lowest BCUT2D eigenvalue weighted by molar-refractivity contribution is 0.154. The largest absolute Gasteiger partial charge is 0.449 e. The molecule has 0 aliphatic rings. The van der Waals surface area contributed by atoms with E-state index in [1.165, 1.54) is 0 Å². The molecule has 1 heterocycles. The van der Waals surface area contributed by atoms with Crippen LogP contribution in [0.15, 0.2) is 29.1 Å². The van der Waals surface area contributed by atoms with Crippen LogP contribution < -0.4 is 16.5 Å². The summed E-state index contributed by atoms with van der Waals surface area (Å²) in [7, 11) is 0. The molecule has 108 valence electrons. The van der Waals surface area contributed by atoms with Crippen LogP contribution in [0.1, 0.15) is 20.8 Å². The lowest BCUT2D eigenvalue weighted by atomic mass is 10.2. The molecule has 1 amide bonds. The van der Waals surface area contributed by atoms with Gasteiger partial charge in [-0.25, -0.2) is 15.0 Å². The van der Waals surface area contributed by atoms with Crippen LogP contribution in [0.3, 0.4) is 0 Å². The Balaban J connectivity index is 0.000000956. The molecule has 0 atom stereocenters. The van der Waals surface area contributed by atoms with Gasteiger partial charge in [0.15, 0.2) is 5.82 Å². The fraction of sp³-hybridized carbons (Fsp3) is 0.308. The van der Waals surface area contributed by atoms with E-state index >= 15 is 0 Å². The summed E-state index contributed by atoms with van der Waals surface area (Å²) in [4.78, 5) is 28.8. The first-order valence-corrected chi connectivity index (χ1v) is 6.38. The number of nitrogens with zero attached hydrogens (tertiary/aromatic N) is 1. The number of hydrogen-bond acceptors (Lipinski definition) is 5. The first-order chi connectivity index (χ1) is 9.70. The number of carbonyl (C=O) groups is 1. The zero-order chi connectivity index (χ0) is 15.0. The molecular weight excluding hydrogens is 260 g/mol. The van der Waals surface area contributed by atoms with Crippen molar-refractivity contribution in [2.75, 3.05) is 12.0 Å². The van der Waals surface area contributed by atoms with Gasteiger partial charge in [-0.3, -0.25) is 5.43 Å². The minimum atomic E-state index is -0.635. The molecular formula is C13H18N4O3. The van der Waals surface area contributed by atoms with Gasteiger partial charge in [0, 0.05) is 5.39 Å². The van der Waals surface area contributed by atoms with Crippen molar-refractivity contribution >= 4 is 22.8 Å². The highest BCUT2D eigenvalue weighted by atomic mass is 16.5. The number of carbonyl (C=O) groups excluding carboxylic acids is 1. The summed E-state index contributed by atoms with van der Waals surface area (Å²) in [6.45, 7) is 5.96. The summed E-state index contributed by atoms with van der Waals surface area (Å²) >= 11 is 0. The second-order valence-corrected chi connectivity index (χ2v) is 3.41. The molecule has 2 rings (SSSR count). The number of benzene rings is 1. The number of nitrogens with one attached hydrogen (secondary N) is 3. The van der Waals surface area contributed by atoms with Crippen LogP contribution in [0.4, 0.5) is 10.6 Å². The highest BCUT2D eigenvalue weighted by Gasteiger charge is 2.05. The van der Waals surface area contributed by atoms with Gasteiger partial charge in [0.25, 0.3) is 0 Å². The molecule has 0 bridgehead atoms. The fourth-order valence-corrected chi connectivity index (χ4v) is 1.48. The molecule has 1 aromatic heterocycles. The van der Waals surface area contributed by atoms with Crippen molar-refractivity contribution in [3.63, 3.8) is 0 Å². The van der Waals surface area contributed by atoms with Crippen LogP contribution in [-0.2, 0) is 4.74 Å². The number of H-pyrrole nitrogens is 1. The van der Waals surface area contributed by atoms with Crippen molar-refractivity contribution in [2.45, 2.75) is 20.8 Å². The van der Waals surface area contributed by atoms with E-state index in [2.05, 4.69) is 25.6 Å². The van der Waals surface area contributed by atoms with Gasteiger partial charge < -0.3 is 9.72 Å². The lowest BCUT2D eigenvalue weighted by Crippen LogP contribution is -2.31. The number of hydrazine groups is 1. The predicted octanol–water partition coefficient (Wildman–Crippen LogP) is 2.02. The van der Waals surface area contributed by atoms with Gasteiger partial charge in [0.2, 0.25) is 0 Å². The van der Waals surface area contributed by atoms with Gasteiger partial charge in [0.1, 0.15) is 0 Å². The van der Waals surface area contributed by atoms with E-state index in [0.717, 1.165) is 0 Å². The van der Waals surface area contributed by atoms with Crippen molar-refractivity contribution < 1.29 is 9.53 Å². The monoisotopic (exact) mass is 278 g/mol. The number of para-hydroxylation sites is 1. The van der Waals surface area contributed by atoms with Gasteiger partial charge in [-0.1, -0.05) is 26.0 Å². The first kappa shape index (κ1) is 15.5. The summed E-state index contributed by atoms with van der Waals surface area (Å²) in [5.74, 6) is 0.266.